The average molecular weight is 205 g/mol. The minimum Gasteiger partial charge on any atom is -0.263 e. The van der Waals surface area contributed by atoms with Crippen LogP contribution in [0.3, 0.4) is 0 Å². The van der Waals surface area contributed by atoms with Gasteiger partial charge < -0.3 is 0 Å². The van der Waals surface area contributed by atoms with Gasteiger partial charge in [-0.1, -0.05) is 19.8 Å². The molecule has 0 spiro atoms. The highest BCUT2D eigenvalue weighted by Crippen LogP contribution is 2.60. The lowest BCUT2D eigenvalue weighted by molar-refractivity contribution is 0.480. The van der Waals surface area contributed by atoms with Crippen LogP contribution in [0.2, 0.25) is 0 Å². The van der Waals surface area contributed by atoms with E-state index in [0.29, 0.717) is 5.92 Å². The van der Waals surface area contributed by atoms with E-state index in [1.165, 1.54) is 25.7 Å². The molecule has 0 radical (unpaired) electrons. The zero-order chi connectivity index (χ0) is 10.3. The number of aryl methyl sites for hydroxylation is 1. The minimum absolute atomic E-state index is 0.703. The Hall–Kier alpha value is -0.860. The van der Waals surface area contributed by atoms with Gasteiger partial charge in [0.2, 0.25) is 0 Å². The summed E-state index contributed by atoms with van der Waals surface area (Å²) in [6.45, 7) is 2.18. The van der Waals surface area contributed by atoms with Gasteiger partial charge in [-0.05, 0) is 31.1 Å². The number of H-pyrrole nitrogens is 1. The monoisotopic (exact) mass is 205 g/mol. The zero-order valence-electron chi connectivity index (χ0n) is 9.37. The predicted octanol–water partition coefficient (Wildman–Crippen LogP) is 2.66. The zero-order valence-corrected chi connectivity index (χ0v) is 9.37. The highest BCUT2D eigenvalue weighted by atomic mass is 15.2. The Morgan fingerprint density at radius 1 is 1.27 bits per heavy atom. The summed E-state index contributed by atoms with van der Waals surface area (Å²) in [6, 6.07) is 0. The van der Waals surface area contributed by atoms with Crippen molar-refractivity contribution in [3.63, 3.8) is 0 Å². The Balaban J connectivity index is 1.71. The number of fused-ring (bicyclic) bond motifs is 1. The topological polar surface area (TPSA) is 41.6 Å². The number of aromatic amines is 1. The third kappa shape index (κ3) is 1.58. The number of hydrogen-bond donors (Lipinski definition) is 1. The molecule has 82 valence electrons. The highest BCUT2D eigenvalue weighted by molar-refractivity contribution is 5.16. The fourth-order valence-electron chi connectivity index (χ4n) is 3.18. The van der Waals surface area contributed by atoms with Gasteiger partial charge in [0.1, 0.15) is 5.82 Å². The Labute approximate surface area is 90.7 Å². The van der Waals surface area contributed by atoms with E-state index in [1.54, 1.807) is 0 Å². The van der Waals surface area contributed by atoms with Crippen molar-refractivity contribution < 1.29 is 0 Å². The Morgan fingerprint density at radius 2 is 2.00 bits per heavy atom. The number of rotatable bonds is 3. The van der Waals surface area contributed by atoms with Crippen molar-refractivity contribution in [1.82, 2.24) is 15.2 Å². The highest BCUT2D eigenvalue weighted by Gasteiger charge is 2.53. The number of hydrogen-bond acceptors (Lipinski definition) is 2. The van der Waals surface area contributed by atoms with E-state index >= 15 is 0 Å². The molecule has 2 atom stereocenters. The molecule has 1 aromatic heterocycles. The van der Waals surface area contributed by atoms with Crippen LogP contribution in [0.25, 0.3) is 0 Å². The van der Waals surface area contributed by atoms with Crippen LogP contribution in [-0.4, -0.2) is 15.2 Å². The van der Waals surface area contributed by atoms with Crippen LogP contribution in [0.5, 0.6) is 0 Å². The van der Waals surface area contributed by atoms with E-state index in [-0.39, 0.29) is 0 Å². The van der Waals surface area contributed by atoms with Gasteiger partial charge in [-0.2, -0.15) is 5.10 Å². The first-order valence-corrected chi connectivity index (χ1v) is 6.31. The Kier molecular flexibility index (Phi) is 2.26. The van der Waals surface area contributed by atoms with Gasteiger partial charge >= 0.3 is 0 Å². The molecule has 1 N–H and O–H groups in total. The maximum atomic E-state index is 4.62. The molecule has 1 aromatic rings. The summed E-state index contributed by atoms with van der Waals surface area (Å²) in [4.78, 5) is 4.62. The molecule has 0 bridgehead atoms. The molecule has 2 saturated carbocycles. The van der Waals surface area contributed by atoms with Gasteiger partial charge in [0.25, 0.3) is 0 Å². The molecule has 3 heteroatoms. The van der Waals surface area contributed by atoms with Crippen molar-refractivity contribution in [2.75, 3.05) is 0 Å². The number of aromatic nitrogens is 3. The molecule has 3 rings (SSSR count). The normalized spacial score (nSPS) is 33.8. The van der Waals surface area contributed by atoms with Crippen LogP contribution in [-0.2, 0) is 6.42 Å². The van der Waals surface area contributed by atoms with Crippen molar-refractivity contribution in [3.05, 3.63) is 11.6 Å². The maximum absolute atomic E-state index is 4.62. The molecule has 0 aliphatic heterocycles. The summed E-state index contributed by atoms with van der Waals surface area (Å²) in [5.74, 6) is 4.73. The van der Waals surface area contributed by atoms with Crippen molar-refractivity contribution >= 4 is 0 Å². The lowest BCUT2D eigenvalue weighted by Crippen LogP contribution is -1.91. The quantitative estimate of drug-likeness (QED) is 0.824. The first-order valence-electron chi connectivity index (χ1n) is 6.31. The van der Waals surface area contributed by atoms with E-state index < -0.39 is 0 Å². The molecule has 2 aliphatic carbocycles. The van der Waals surface area contributed by atoms with Gasteiger partial charge in [-0.15, -0.1) is 0 Å². The molecule has 2 fully saturated rings. The molecule has 2 unspecified atom stereocenters. The van der Waals surface area contributed by atoms with Crippen molar-refractivity contribution in [2.24, 2.45) is 11.8 Å². The SMILES string of the molecule is CCCc1nc(C2C3CCCCC32)n[nH]1. The first kappa shape index (κ1) is 9.37. The lowest BCUT2D eigenvalue weighted by atomic mass is 10.0. The van der Waals surface area contributed by atoms with Crippen LogP contribution >= 0.6 is 0 Å². The smallest absolute Gasteiger partial charge is 0.154 e. The largest absolute Gasteiger partial charge is 0.263 e. The van der Waals surface area contributed by atoms with E-state index in [2.05, 4.69) is 22.1 Å². The van der Waals surface area contributed by atoms with Gasteiger partial charge in [-0.3, -0.25) is 5.10 Å². The third-order valence-electron chi connectivity index (χ3n) is 3.99. The second-order valence-electron chi connectivity index (χ2n) is 5.03. The van der Waals surface area contributed by atoms with Crippen LogP contribution < -0.4 is 0 Å². The molecule has 15 heavy (non-hydrogen) atoms. The summed E-state index contributed by atoms with van der Waals surface area (Å²) in [5, 5.41) is 7.46. The van der Waals surface area contributed by atoms with Crippen LogP contribution in [0.15, 0.2) is 0 Å². The molecule has 0 amide bonds. The summed E-state index contributed by atoms with van der Waals surface area (Å²) in [5.41, 5.74) is 0. The molecular formula is C12H19N3. The minimum atomic E-state index is 0.703. The fourth-order valence-corrected chi connectivity index (χ4v) is 3.18. The van der Waals surface area contributed by atoms with Crippen LogP contribution in [0.1, 0.15) is 56.6 Å². The molecule has 3 nitrogen and oxygen atoms in total. The number of nitrogens with zero attached hydrogens (tertiary/aromatic N) is 2. The van der Waals surface area contributed by atoms with Crippen molar-refractivity contribution in [2.45, 2.75) is 51.4 Å². The van der Waals surface area contributed by atoms with Gasteiger partial charge in [0.05, 0.1) is 0 Å². The fraction of sp³-hybridized carbons (Fsp3) is 0.833. The first-order chi connectivity index (χ1) is 7.40. The standard InChI is InChI=1S/C12H19N3/c1-2-5-10-13-12(15-14-10)11-8-6-3-4-7-9(8)11/h8-9,11H,2-7H2,1H3,(H,13,14,15). The predicted molar refractivity (Wildman–Crippen MR) is 58.6 cm³/mol. The summed E-state index contributed by atoms with van der Waals surface area (Å²) >= 11 is 0. The second-order valence-corrected chi connectivity index (χ2v) is 5.03. The third-order valence-corrected chi connectivity index (χ3v) is 3.99. The van der Waals surface area contributed by atoms with Crippen LogP contribution in [0.4, 0.5) is 0 Å². The molecule has 2 aliphatic rings. The van der Waals surface area contributed by atoms with E-state index in [0.717, 1.165) is 36.3 Å². The molecule has 0 aromatic carbocycles. The number of nitrogens with one attached hydrogen (secondary N) is 1. The van der Waals surface area contributed by atoms with Gasteiger partial charge in [0.15, 0.2) is 5.82 Å². The molecule has 0 saturated heterocycles. The second kappa shape index (κ2) is 3.62. The van der Waals surface area contributed by atoms with Crippen molar-refractivity contribution in [1.29, 1.82) is 0 Å². The van der Waals surface area contributed by atoms with Crippen molar-refractivity contribution in [3.8, 4) is 0 Å². The summed E-state index contributed by atoms with van der Waals surface area (Å²) < 4.78 is 0. The Bertz CT molecular complexity index is 332. The van der Waals surface area contributed by atoms with Crippen LogP contribution in [0, 0.1) is 11.8 Å². The Morgan fingerprint density at radius 3 is 2.67 bits per heavy atom. The summed E-state index contributed by atoms with van der Waals surface area (Å²) in [7, 11) is 0. The van der Waals surface area contributed by atoms with E-state index in [9.17, 15) is 0 Å². The molecule has 1 heterocycles. The van der Waals surface area contributed by atoms with E-state index in [1.807, 2.05) is 0 Å². The lowest BCUT2D eigenvalue weighted by Gasteiger charge is -2.04. The van der Waals surface area contributed by atoms with Gasteiger partial charge in [0, 0.05) is 12.3 Å². The summed E-state index contributed by atoms with van der Waals surface area (Å²) in [6.07, 6.45) is 7.84. The molecular weight excluding hydrogens is 186 g/mol. The van der Waals surface area contributed by atoms with Gasteiger partial charge in [-0.25, -0.2) is 4.98 Å². The van der Waals surface area contributed by atoms with E-state index in [4.69, 9.17) is 0 Å². The maximum Gasteiger partial charge on any atom is 0.154 e. The average Bonchev–Trinajstić information content (AvgIpc) is 2.82.